The molecule has 1 rings (SSSR count). The van der Waals surface area contributed by atoms with Gasteiger partial charge in [0.1, 0.15) is 0 Å². The summed E-state index contributed by atoms with van der Waals surface area (Å²) < 4.78 is 0. The molecule has 2 unspecified atom stereocenters. The van der Waals surface area contributed by atoms with E-state index < -0.39 is 5.41 Å². The zero-order chi connectivity index (χ0) is 16.0. The predicted molar refractivity (Wildman–Crippen MR) is 84.7 cm³/mol. The van der Waals surface area contributed by atoms with Crippen LogP contribution in [-0.2, 0) is 9.59 Å². The average Bonchev–Trinajstić information content (AvgIpc) is 2.49. The molecule has 1 saturated carbocycles. The molecular formula is C16H31N3O2. The Labute approximate surface area is 128 Å². The molecule has 1 fully saturated rings. The monoisotopic (exact) mass is 297 g/mol. The van der Waals surface area contributed by atoms with Crippen molar-refractivity contribution in [3.8, 4) is 0 Å². The fraction of sp³-hybridized carbons (Fsp3) is 0.875. The van der Waals surface area contributed by atoms with Gasteiger partial charge >= 0.3 is 0 Å². The van der Waals surface area contributed by atoms with E-state index in [1.165, 1.54) is 0 Å². The lowest BCUT2D eigenvalue weighted by Crippen LogP contribution is -2.50. The minimum absolute atomic E-state index is 0.0366. The van der Waals surface area contributed by atoms with Crippen LogP contribution in [0.1, 0.15) is 52.4 Å². The van der Waals surface area contributed by atoms with Gasteiger partial charge < -0.3 is 16.0 Å². The highest BCUT2D eigenvalue weighted by Crippen LogP contribution is 2.29. The normalized spacial score (nSPS) is 22.7. The Bertz CT molecular complexity index is 356. The fourth-order valence-corrected chi connectivity index (χ4v) is 3.20. The quantitative estimate of drug-likeness (QED) is 0.780. The fourth-order valence-electron chi connectivity index (χ4n) is 3.20. The van der Waals surface area contributed by atoms with Crippen LogP contribution in [0.25, 0.3) is 0 Å². The molecule has 0 aromatic carbocycles. The van der Waals surface area contributed by atoms with Crippen molar-refractivity contribution in [3.63, 3.8) is 0 Å². The van der Waals surface area contributed by atoms with Crippen molar-refractivity contribution in [2.24, 2.45) is 17.1 Å². The third-order valence-corrected chi connectivity index (χ3v) is 5.03. The Morgan fingerprint density at radius 3 is 2.33 bits per heavy atom. The number of nitrogens with zero attached hydrogens (tertiary/aromatic N) is 1. The molecule has 0 aromatic rings. The Kier molecular flexibility index (Phi) is 6.65. The number of carbonyl (C=O) groups excluding carboxylic acids is 2. The van der Waals surface area contributed by atoms with Crippen molar-refractivity contribution < 1.29 is 9.59 Å². The smallest absolute Gasteiger partial charge is 0.227 e. The van der Waals surface area contributed by atoms with Gasteiger partial charge in [-0.15, -0.1) is 0 Å². The summed E-state index contributed by atoms with van der Waals surface area (Å²) >= 11 is 0. The molecule has 0 aliphatic heterocycles. The maximum absolute atomic E-state index is 12.6. The summed E-state index contributed by atoms with van der Waals surface area (Å²) in [5.41, 5.74) is 5.37. The minimum Gasteiger partial charge on any atom is -0.353 e. The second-order valence-corrected chi connectivity index (χ2v) is 6.46. The number of hydrogen-bond acceptors (Lipinski definition) is 3. The summed E-state index contributed by atoms with van der Waals surface area (Å²) in [6, 6.07) is 0.101. The average molecular weight is 297 g/mol. The van der Waals surface area contributed by atoms with Gasteiger partial charge in [0, 0.05) is 32.6 Å². The summed E-state index contributed by atoms with van der Waals surface area (Å²) in [7, 11) is 3.58. The van der Waals surface area contributed by atoms with Gasteiger partial charge in [0.2, 0.25) is 11.8 Å². The summed E-state index contributed by atoms with van der Waals surface area (Å²) in [5, 5.41) is 3.15. The van der Waals surface area contributed by atoms with Crippen LogP contribution >= 0.6 is 0 Å². The van der Waals surface area contributed by atoms with E-state index >= 15 is 0 Å². The van der Waals surface area contributed by atoms with Gasteiger partial charge in [-0.25, -0.2) is 0 Å². The third kappa shape index (κ3) is 4.19. The predicted octanol–water partition coefficient (Wildman–Crippen LogP) is 1.51. The highest BCUT2D eigenvalue weighted by Gasteiger charge is 2.36. The third-order valence-electron chi connectivity index (χ3n) is 5.03. The molecule has 0 saturated heterocycles. The summed E-state index contributed by atoms with van der Waals surface area (Å²) in [6.45, 7) is 4.39. The van der Waals surface area contributed by atoms with Crippen molar-refractivity contribution in [2.75, 3.05) is 20.6 Å². The number of carbonyl (C=O) groups is 2. The molecule has 3 N–H and O–H groups in total. The van der Waals surface area contributed by atoms with E-state index in [1.807, 2.05) is 13.8 Å². The van der Waals surface area contributed by atoms with Gasteiger partial charge in [0.25, 0.3) is 0 Å². The molecule has 0 bridgehead atoms. The standard InChI is InChI=1S/C16H31N3O2/c1-5-16(6-2,11-17)15(21)18-13-9-7-8-12(10-13)14(20)19(3)4/h12-13H,5-11,17H2,1-4H3,(H,18,21). The van der Waals surface area contributed by atoms with Crippen molar-refractivity contribution in [1.82, 2.24) is 10.2 Å². The largest absolute Gasteiger partial charge is 0.353 e. The molecule has 1 aliphatic carbocycles. The highest BCUT2D eigenvalue weighted by atomic mass is 16.2. The van der Waals surface area contributed by atoms with Crippen LogP contribution in [0.5, 0.6) is 0 Å². The first kappa shape index (κ1) is 18.0. The van der Waals surface area contributed by atoms with Crippen molar-refractivity contribution in [3.05, 3.63) is 0 Å². The zero-order valence-corrected chi connectivity index (χ0v) is 13.9. The molecule has 5 nitrogen and oxygen atoms in total. The van der Waals surface area contributed by atoms with Gasteiger partial charge in [0.05, 0.1) is 5.41 Å². The van der Waals surface area contributed by atoms with Crippen LogP contribution in [0, 0.1) is 11.3 Å². The first-order chi connectivity index (χ1) is 9.90. The van der Waals surface area contributed by atoms with Crippen molar-refractivity contribution in [1.29, 1.82) is 0 Å². The highest BCUT2D eigenvalue weighted by molar-refractivity contribution is 5.83. The van der Waals surface area contributed by atoms with Crippen molar-refractivity contribution >= 4 is 11.8 Å². The molecule has 21 heavy (non-hydrogen) atoms. The lowest BCUT2D eigenvalue weighted by atomic mass is 9.80. The van der Waals surface area contributed by atoms with E-state index in [4.69, 9.17) is 5.73 Å². The molecule has 2 amide bonds. The van der Waals surface area contributed by atoms with E-state index in [0.29, 0.717) is 6.54 Å². The Hall–Kier alpha value is -1.10. The summed E-state index contributed by atoms with van der Waals surface area (Å²) in [6.07, 6.45) is 5.11. The van der Waals surface area contributed by atoms with Crippen molar-refractivity contribution in [2.45, 2.75) is 58.4 Å². The number of amides is 2. The Morgan fingerprint density at radius 2 is 1.86 bits per heavy atom. The first-order valence-corrected chi connectivity index (χ1v) is 8.12. The number of hydrogen-bond donors (Lipinski definition) is 2. The minimum atomic E-state index is -0.460. The molecule has 5 heteroatoms. The molecule has 0 heterocycles. The maximum Gasteiger partial charge on any atom is 0.227 e. The van der Waals surface area contributed by atoms with E-state index in [-0.39, 0.29) is 23.8 Å². The summed E-state index contributed by atoms with van der Waals surface area (Å²) in [4.78, 5) is 26.3. The second-order valence-electron chi connectivity index (χ2n) is 6.46. The van der Waals surface area contributed by atoms with Crippen LogP contribution in [0.2, 0.25) is 0 Å². The molecule has 0 spiro atoms. The molecule has 0 radical (unpaired) electrons. The van der Waals surface area contributed by atoms with Crippen LogP contribution < -0.4 is 11.1 Å². The molecule has 2 atom stereocenters. The summed E-state index contributed by atoms with van der Waals surface area (Å²) in [5.74, 6) is 0.262. The second kappa shape index (κ2) is 7.78. The maximum atomic E-state index is 12.6. The lowest BCUT2D eigenvalue weighted by molar-refractivity contribution is -0.136. The van der Waals surface area contributed by atoms with Crippen LogP contribution in [-0.4, -0.2) is 43.4 Å². The topological polar surface area (TPSA) is 75.4 Å². The molecule has 122 valence electrons. The Balaban J connectivity index is 2.66. The van der Waals surface area contributed by atoms with E-state index in [1.54, 1.807) is 19.0 Å². The lowest BCUT2D eigenvalue weighted by Gasteiger charge is -2.35. The number of rotatable bonds is 6. The molecule has 1 aliphatic rings. The van der Waals surface area contributed by atoms with Crippen LogP contribution in [0.4, 0.5) is 0 Å². The number of nitrogens with one attached hydrogen (secondary N) is 1. The SMILES string of the molecule is CCC(CC)(CN)C(=O)NC1CCCC(C(=O)N(C)C)C1. The zero-order valence-electron chi connectivity index (χ0n) is 13.9. The Morgan fingerprint density at radius 1 is 1.24 bits per heavy atom. The van der Waals surface area contributed by atoms with E-state index in [0.717, 1.165) is 38.5 Å². The molecular weight excluding hydrogens is 266 g/mol. The molecule has 0 aromatic heterocycles. The van der Waals surface area contributed by atoms with Gasteiger partial charge in [-0.2, -0.15) is 0 Å². The van der Waals surface area contributed by atoms with Crippen LogP contribution in [0.15, 0.2) is 0 Å². The van der Waals surface area contributed by atoms with Gasteiger partial charge in [-0.1, -0.05) is 20.3 Å². The van der Waals surface area contributed by atoms with E-state index in [9.17, 15) is 9.59 Å². The first-order valence-electron chi connectivity index (χ1n) is 8.12. The van der Waals surface area contributed by atoms with Gasteiger partial charge in [0.15, 0.2) is 0 Å². The van der Waals surface area contributed by atoms with E-state index in [2.05, 4.69) is 5.32 Å². The van der Waals surface area contributed by atoms with Crippen LogP contribution in [0.3, 0.4) is 0 Å². The van der Waals surface area contributed by atoms with Gasteiger partial charge in [-0.3, -0.25) is 9.59 Å². The number of nitrogens with two attached hydrogens (primary N) is 1. The van der Waals surface area contributed by atoms with Gasteiger partial charge in [-0.05, 0) is 32.1 Å².